The predicted octanol–water partition coefficient (Wildman–Crippen LogP) is 2.07. The molecule has 1 aromatic carbocycles. The van der Waals surface area contributed by atoms with Gasteiger partial charge in [-0.1, -0.05) is 13.8 Å². The van der Waals surface area contributed by atoms with Gasteiger partial charge in [0.25, 0.3) is 0 Å². The Hall–Kier alpha value is -1.76. The number of hydrogen-bond acceptors (Lipinski definition) is 4. The fourth-order valence-electron chi connectivity index (χ4n) is 2.20. The Morgan fingerprint density at radius 1 is 1.12 bits per heavy atom. The lowest BCUT2D eigenvalue weighted by atomic mass is 10.1. The highest BCUT2D eigenvalue weighted by Gasteiger charge is 2.18. The SMILES string of the molecule is CC(C)CCNC(=O)CCN(c1ccc(N(C)C)cc1)S(C)(=O)=O. The molecule has 0 aliphatic heterocycles. The molecular formula is C17H29N3O3S. The van der Waals surface area contributed by atoms with Gasteiger partial charge in [0, 0.05) is 39.3 Å². The van der Waals surface area contributed by atoms with Gasteiger partial charge in [-0.25, -0.2) is 8.42 Å². The van der Waals surface area contributed by atoms with Crippen LogP contribution >= 0.6 is 0 Å². The minimum Gasteiger partial charge on any atom is -0.378 e. The van der Waals surface area contributed by atoms with E-state index in [1.54, 1.807) is 12.1 Å². The minimum atomic E-state index is -3.44. The average Bonchev–Trinajstić information content (AvgIpc) is 2.46. The topological polar surface area (TPSA) is 69.7 Å². The number of amides is 1. The van der Waals surface area contributed by atoms with E-state index in [4.69, 9.17) is 0 Å². The Morgan fingerprint density at radius 3 is 2.12 bits per heavy atom. The Bertz CT molecular complexity index is 625. The molecule has 1 N–H and O–H groups in total. The monoisotopic (exact) mass is 355 g/mol. The molecule has 0 spiro atoms. The van der Waals surface area contributed by atoms with Crippen molar-refractivity contribution in [2.75, 3.05) is 42.6 Å². The third-order valence-electron chi connectivity index (χ3n) is 3.64. The Morgan fingerprint density at radius 2 is 1.67 bits per heavy atom. The maximum atomic E-state index is 12.1. The van der Waals surface area contributed by atoms with E-state index in [1.807, 2.05) is 31.1 Å². The fraction of sp³-hybridized carbons (Fsp3) is 0.588. The molecule has 0 saturated carbocycles. The molecule has 1 aromatic rings. The van der Waals surface area contributed by atoms with Gasteiger partial charge in [-0.05, 0) is 36.6 Å². The van der Waals surface area contributed by atoms with Gasteiger partial charge < -0.3 is 10.2 Å². The van der Waals surface area contributed by atoms with Crippen LogP contribution in [0.1, 0.15) is 26.7 Å². The lowest BCUT2D eigenvalue weighted by molar-refractivity contribution is -0.120. The van der Waals surface area contributed by atoms with Crippen LogP contribution in [0.25, 0.3) is 0 Å². The summed E-state index contributed by atoms with van der Waals surface area (Å²) >= 11 is 0. The number of anilines is 2. The summed E-state index contributed by atoms with van der Waals surface area (Å²) in [5.74, 6) is 0.391. The van der Waals surface area contributed by atoms with E-state index in [9.17, 15) is 13.2 Å². The van der Waals surface area contributed by atoms with Crippen molar-refractivity contribution < 1.29 is 13.2 Å². The molecule has 136 valence electrons. The van der Waals surface area contributed by atoms with Gasteiger partial charge in [0.2, 0.25) is 15.9 Å². The van der Waals surface area contributed by atoms with Crippen molar-refractivity contribution >= 4 is 27.3 Å². The Balaban J connectivity index is 2.72. The molecule has 1 amide bonds. The number of benzene rings is 1. The van der Waals surface area contributed by atoms with Crippen LogP contribution in [0.2, 0.25) is 0 Å². The van der Waals surface area contributed by atoms with Gasteiger partial charge in [-0.15, -0.1) is 0 Å². The summed E-state index contributed by atoms with van der Waals surface area (Å²) in [5.41, 5.74) is 1.55. The number of carbonyl (C=O) groups is 1. The van der Waals surface area contributed by atoms with Crippen LogP contribution in [0.3, 0.4) is 0 Å². The van der Waals surface area contributed by atoms with E-state index >= 15 is 0 Å². The van der Waals surface area contributed by atoms with Crippen molar-refractivity contribution in [1.82, 2.24) is 5.32 Å². The van der Waals surface area contributed by atoms with Crippen molar-refractivity contribution in [1.29, 1.82) is 0 Å². The molecule has 0 aliphatic carbocycles. The van der Waals surface area contributed by atoms with E-state index in [0.717, 1.165) is 18.4 Å². The first kappa shape index (κ1) is 20.3. The van der Waals surface area contributed by atoms with Crippen LogP contribution in [0, 0.1) is 5.92 Å². The highest BCUT2D eigenvalue weighted by molar-refractivity contribution is 7.92. The third kappa shape index (κ3) is 6.78. The van der Waals surface area contributed by atoms with E-state index in [2.05, 4.69) is 19.2 Å². The Labute approximate surface area is 145 Å². The summed E-state index contributed by atoms with van der Waals surface area (Å²) in [6.07, 6.45) is 2.21. The number of hydrogen-bond donors (Lipinski definition) is 1. The molecule has 0 atom stereocenters. The predicted molar refractivity (Wildman–Crippen MR) is 100 cm³/mol. The van der Waals surface area contributed by atoms with Crippen molar-refractivity contribution in [3.8, 4) is 0 Å². The summed E-state index contributed by atoms with van der Waals surface area (Å²) in [7, 11) is 0.402. The van der Waals surface area contributed by atoms with Crippen molar-refractivity contribution in [2.24, 2.45) is 5.92 Å². The lowest BCUT2D eigenvalue weighted by Crippen LogP contribution is -2.35. The van der Waals surface area contributed by atoms with E-state index in [0.29, 0.717) is 18.2 Å². The first-order chi connectivity index (χ1) is 11.1. The molecule has 0 fully saturated rings. The van der Waals surface area contributed by atoms with Crippen LogP contribution < -0.4 is 14.5 Å². The number of nitrogens with one attached hydrogen (secondary N) is 1. The molecule has 1 rings (SSSR count). The molecule has 0 heterocycles. The summed E-state index contributed by atoms with van der Waals surface area (Å²) in [6, 6.07) is 7.23. The van der Waals surface area contributed by atoms with Crippen LogP contribution in [0.5, 0.6) is 0 Å². The summed E-state index contributed by atoms with van der Waals surface area (Å²) in [4.78, 5) is 13.8. The number of sulfonamides is 1. The van der Waals surface area contributed by atoms with E-state index in [1.165, 1.54) is 4.31 Å². The van der Waals surface area contributed by atoms with Crippen LogP contribution in [0.4, 0.5) is 11.4 Å². The highest BCUT2D eigenvalue weighted by Crippen LogP contribution is 2.21. The molecule has 0 aromatic heterocycles. The largest absolute Gasteiger partial charge is 0.378 e. The van der Waals surface area contributed by atoms with Gasteiger partial charge in [-0.2, -0.15) is 0 Å². The zero-order chi connectivity index (χ0) is 18.3. The first-order valence-electron chi connectivity index (χ1n) is 8.13. The molecule has 0 radical (unpaired) electrons. The summed E-state index contributed by atoms with van der Waals surface area (Å²) in [6.45, 7) is 4.93. The normalized spacial score (nSPS) is 11.4. The summed E-state index contributed by atoms with van der Waals surface area (Å²) < 4.78 is 25.4. The second-order valence-corrected chi connectivity index (χ2v) is 8.44. The fourth-order valence-corrected chi connectivity index (χ4v) is 3.12. The smallest absolute Gasteiger partial charge is 0.232 e. The van der Waals surface area contributed by atoms with Crippen LogP contribution in [-0.2, 0) is 14.8 Å². The number of rotatable bonds is 9. The maximum Gasteiger partial charge on any atom is 0.232 e. The zero-order valence-corrected chi connectivity index (χ0v) is 16.1. The third-order valence-corrected chi connectivity index (χ3v) is 4.83. The molecule has 0 saturated heterocycles. The van der Waals surface area contributed by atoms with Crippen molar-refractivity contribution in [3.63, 3.8) is 0 Å². The molecular weight excluding hydrogens is 326 g/mol. The van der Waals surface area contributed by atoms with Gasteiger partial charge >= 0.3 is 0 Å². The van der Waals surface area contributed by atoms with Crippen LogP contribution in [0.15, 0.2) is 24.3 Å². The molecule has 6 nitrogen and oxygen atoms in total. The molecule has 0 unspecified atom stereocenters. The van der Waals surface area contributed by atoms with Gasteiger partial charge in [0.05, 0.1) is 11.9 Å². The molecule has 0 aliphatic rings. The number of carbonyl (C=O) groups excluding carboxylic acids is 1. The number of nitrogens with zero attached hydrogens (tertiary/aromatic N) is 2. The molecule has 0 bridgehead atoms. The highest BCUT2D eigenvalue weighted by atomic mass is 32.2. The Kier molecular flexibility index (Phi) is 7.54. The zero-order valence-electron chi connectivity index (χ0n) is 15.2. The van der Waals surface area contributed by atoms with Gasteiger partial charge in [-0.3, -0.25) is 9.10 Å². The second kappa shape index (κ2) is 8.92. The summed E-state index contributed by atoms with van der Waals surface area (Å²) in [5, 5.41) is 2.83. The average molecular weight is 356 g/mol. The molecule has 7 heteroatoms. The van der Waals surface area contributed by atoms with Gasteiger partial charge in [0.15, 0.2) is 0 Å². The second-order valence-electron chi connectivity index (χ2n) is 6.53. The first-order valence-corrected chi connectivity index (χ1v) is 9.98. The van der Waals surface area contributed by atoms with Crippen molar-refractivity contribution in [3.05, 3.63) is 24.3 Å². The van der Waals surface area contributed by atoms with E-state index < -0.39 is 10.0 Å². The lowest BCUT2D eigenvalue weighted by Gasteiger charge is -2.23. The standard InChI is InChI=1S/C17H29N3O3S/c1-14(2)10-12-18-17(21)11-13-20(24(5,22)23)16-8-6-15(7-9-16)19(3)4/h6-9,14H,10-13H2,1-5H3,(H,18,21). The molecule has 24 heavy (non-hydrogen) atoms. The van der Waals surface area contributed by atoms with Crippen molar-refractivity contribution in [2.45, 2.75) is 26.7 Å². The van der Waals surface area contributed by atoms with Gasteiger partial charge in [0.1, 0.15) is 0 Å². The quantitative estimate of drug-likeness (QED) is 0.736. The maximum absolute atomic E-state index is 12.1. The minimum absolute atomic E-state index is 0.130. The van der Waals surface area contributed by atoms with E-state index in [-0.39, 0.29) is 18.9 Å². The van der Waals surface area contributed by atoms with Crippen LogP contribution in [-0.4, -0.2) is 47.8 Å².